The molecule has 1 fully saturated rings. The van der Waals surface area contributed by atoms with Crippen molar-refractivity contribution in [1.29, 1.82) is 0 Å². The van der Waals surface area contributed by atoms with E-state index in [9.17, 15) is 8.42 Å². The molecule has 0 spiro atoms. The average molecular weight is 398 g/mol. The van der Waals surface area contributed by atoms with E-state index in [2.05, 4.69) is 19.7 Å². The zero-order chi connectivity index (χ0) is 19.3. The second-order valence-corrected chi connectivity index (χ2v) is 8.42. The zero-order valence-electron chi connectivity index (χ0n) is 15.2. The predicted molar refractivity (Wildman–Crippen MR) is 101 cm³/mol. The first-order valence-electron chi connectivity index (χ1n) is 9.02. The quantitative estimate of drug-likeness (QED) is 0.644. The fourth-order valence-electron chi connectivity index (χ4n) is 3.82. The van der Waals surface area contributed by atoms with E-state index >= 15 is 0 Å². The van der Waals surface area contributed by atoms with E-state index in [0.29, 0.717) is 36.0 Å². The van der Waals surface area contributed by atoms with Gasteiger partial charge in [-0.2, -0.15) is 12.9 Å². The lowest BCUT2D eigenvalue weighted by molar-refractivity contribution is 0.305. The summed E-state index contributed by atoms with van der Waals surface area (Å²) in [5, 5.41) is 12.9. The number of benzene rings is 1. The standard InChI is InChI=1S/C18H18N6O3S/c1-27-16-7-6-15-19-20-17(24(15)21-16)12-8-10-23(11-9-12)18-13-4-2-3-5-14(13)28(25,26)22-18/h2-7,12H,8-11H2,1H3. The molecule has 1 aromatic carbocycles. The summed E-state index contributed by atoms with van der Waals surface area (Å²) >= 11 is 0. The Balaban J connectivity index is 1.39. The van der Waals surface area contributed by atoms with Crippen LogP contribution in [0.3, 0.4) is 0 Å². The summed E-state index contributed by atoms with van der Waals surface area (Å²) in [4.78, 5) is 2.32. The van der Waals surface area contributed by atoms with E-state index in [1.54, 1.807) is 29.8 Å². The molecule has 0 aliphatic carbocycles. The lowest BCUT2D eigenvalue weighted by Gasteiger charge is -2.32. The van der Waals surface area contributed by atoms with Gasteiger partial charge >= 0.3 is 0 Å². The van der Waals surface area contributed by atoms with Gasteiger partial charge in [-0.15, -0.1) is 19.7 Å². The molecule has 1 saturated heterocycles. The minimum absolute atomic E-state index is 0.180. The molecule has 2 aliphatic heterocycles. The fraction of sp³-hybridized carbons (Fsp3) is 0.333. The van der Waals surface area contributed by atoms with E-state index in [1.807, 2.05) is 23.1 Å². The Labute approximate surface area is 161 Å². The van der Waals surface area contributed by atoms with Gasteiger partial charge in [0.1, 0.15) is 4.90 Å². The van der Waals surface area contributed by atoms with Gasteiger partial charge < -0.3 is 9.64 Å². The number of hydrogen-bond acceptors (Lipinski definition) is 7. The molecular formula is C18H18N6O3S. The second kappa shape index (κ2) is 6.26. The number of methoxy groups -OCH3 is 1. The SMILES string of the molecule is COc1ccc2nnc(C3CCN(C4=NS(=O)(=O)c5ccccc54)CC3)n2n1. The molecule has 3 aromatic rings. The summed E-state index contributed by atoms with van der Waals surface area (Å²) in [6.45, 7) is 1.37. The van der Waals surface area contributed by atoms with Gasteiger partial charge in [0.2, 0.25) is 5.88 Å². The molecule has 2 aromatic heterocycles. The van der Waals surface area contributed by atoms with Crippen molar-refractivity contribution in [2.75, 3.05) is 20.2 Å². The van der Waals surface area contributed by atoms with E-state index in [4.69, 9.17) is 4.74 Å². The fourth-order valence-corrected chi connectivity index (χ4v) is 5.05. The molecular weight excluding hydrogens is 380 g/mol. The largest absolute Gasteiger partial charge is 0.480 e. The Morgan fingerprint density at radius 1 is 1.07 bits per heavy atom. The highest BCUT2D eigenvalue weighted by atomic mass is 32.2. The van der Waals surface area contributed by atoms with Crippen molar-refractivity contribution in [2.45, 2.75) is 23.7 Å². The number of likely N-dealkylation sites (tertiary alicyclic amines) is 1. The molecule has 0 atom stereocenters. The minimum atomic E-state index is -3.60. The molecule has 5 rings (SSSR count). The summed E-state index contributed by atoms with van der Waals surface area (Å²) in [6.07, 6.45) is 1.61. The van der Waals surface area contributed by atoms with E-state index in [0.717, 1.165) is 18.7 Å². The third-order valence-corrected chi connectivity index (χ3v) is 6.57. The van der Waals surface area contributed by atoms with Crippen molar-refractivity contribution in [3.05, 3.63) is 47.8 Å². The van der Waals surface area contributed by atoms with Crippen molar-refractivity contribution < 1.29 is 13.2 Å². The van der Waals surface area contributed by atoms with Gasteiger partial charge in [-0.3, -0.25) is 0 Å². The highest BCUT2D eigenvalue weighted by Gasteiger charge is 2.34. The minimum Gasteiger partial charge on any atom is -0.480 e. The number of aromatic nitrogens is 4. The van der Waals surface area contributed by atoms with Gasteiger partial charge in [0.05, 0.1) is 7.11 Å². The third-order valence-electron chi connectivity index (χ3n) is 5.24. The molecule has 9 nitrogen and oxygen atoms in total. The first kappa shape index (κ1) is 17.1. The number of ether oxygens (including phenoxy) is 1. The molecule has 4 heterocycles. The van der Waals surface area contributed by atoms with Crippen LogP contribution in [0.15, 0.2) is 45.7 Å². The maximum absolute atomic E-state index is 12.3. The van der Waals surface area contributed by atoms with Crippen LogP contribution in [0.1, 0.15) is 30.1 Å². The Kier molecular flexibility index (Phi) is 3.83. The maximum atomic E-state index is 12.3. The van der Waals surface area contributed by atoms with Crippen molar-refractivity contribution in [1.82, 2.24) is 24.7 Å². The molecule has 144 valence electrons. The number of piperidine rings is 1. The van der Waals surface area contributed by atoms with Gasteiger partial charge in [-0.1, -0.05) is 12.1 Å². The monoisotopic (exact) mass is 398 g/mol. The highest BCUT2D eigenvalue weighted by molar-refractivity contribution is 7.90. The van der Waals surface area contributed by atoms with E-state index < -0.39 is 10.0 Å². The number of sulfonamides is 1. The number of nitrogens with zero attached hydrogens (tertiary/aromatic N) is 6. The Bertz CT molecular complexity index is 1200. The molecule has 0 bridgehead atoms. The third kappa shape index (κ3) is 2.63. The summed E-state index contributed by atoms with van der Waals surface area (Å²) in [6, 6.07) is 10.6. The van der Waals surface area contributed by atoms with Gasteiger partial charge in [0.25, 0.3) is 10.0 Å². The number of amidine groups is 1. The molecule has 10 heteroatoms. The van der Waals surface area contributed by atoms with Crippen molar-refractivity contribution in [3.8, 4) is 5.88 Å². The molecule has 0 N–H and O–H groups in total. The average Bonchev–Trinajstić information content (AvgIpc) is 3.26. The van der Waals surface area contributed by atoms with Crippen LogP contribution in [-0.2, 0) is 10.0 Å². The van der Waals surface area contributed by atoms with Crippen molar-refractivity contribution in [2.24, 2.45) is 4.40 Å². The Morgan fingerprint density at radius 2 is 1.86 bits per heavy atom. The molecule has 0 amide bonds. The molecule has 0 radical (unpaired) electrons. The number of rotatable bonds is 2. The van der Waals surface area contributed by atoms with Gasteiger partial charge in [0.15, 0.2) is 17.3 Å². The van der Waals surface area contributed by atoms with E-state index in [-0.39, 0.29) is 10.8 Å². The highest BCUT2D eigenvalue weighted by Crippen LogP contribution is 2.32. The van der Waals surface area contributed by atoms with Crippen LogP contribution in [0.5, 0.6) is 5.88 Å². The van der Waals surface area contributed by atoms with Crippen molar-refractivity contribution in [3.63, 3.8) is 0 Å². The second-order valence-electron chi connectivity index (χ2n) is 6.85. The number of fused-ring (bicyclic) bond motifs is 2. The van der Waals surface area contributed by atoms with E-state index in [1.165, 1.54) is 0 Å². The Morgan fingerprint density at radius 3 is 2.64 bits per heavy atom. The summed E-state index contributed by atoms with van der Waals surface area (Å²) in [5.41, 5.74) is 1.36. The summed E-state index contributed by atoms with van der Waals surface area (Å²) < 4.78 is 35.6. The summed E-state index contributed by atoms with van der Waals surface area (Å²) in [5.74, 6) is 2.03. The topological polar surface area (TPSA) is 102 Å². The predicted octanol–water partition coefficient (Wildman–Crippen LogP) is 1.46. The zero-order valence-corrected chi connectivity index (χ0v) is 16.0. The molecule has 28 heavy (non-hydrogen) atoms. The van der Waals surface area contributed by atoms with Crippen LogP contribution in [0.2, 0.25) is 0 Å². The van der Waals surface area contributed by atoms with Crippen LogP contribution in [0.4, 0.5) is 0 Å². The first-order chi connectivity index (χ1) is 13.6. The van der Waals surface area contributed by atoms with Crippen LogP contribution >= 0.6 is 0 Å². The van der Waals surface area contributed by atoms with Crippen LogP contribution in [-0.4, -0.2) is 59.2 Å². The summed E-state index contributed by atoms with van der Waals surface area (Å²) in [7, 11) is -2.03. The van der Waals surface area contributed by atoms with Crippen LogP contribution in [0.25, 0.3) is 5.65 Å². The number of hydrogen-bond donors (Lipinski definition) is 0. The first-order valence-corrected chi connectivity index (χ1v) is 10.5. The smallest absolute Gasteiger partial charge is 0.285 e. The lowest BCUT2D eigenvalue weighted by Crippen LogP contribution is -2.38. The normalized spacial score (nSPS) is 18.9. The maximum Gasteiger partial charge on any atom is 0.285 e. The van der Waals surface area contributed by atoms with Crippen molar-refractivity contribution >= 4 is 21.5 Å². The lowest BCUT2D eigenvalue weighted by atomic mass is 9.95. The van der Waals surface area contributed by atoms with Gasteiger partial charge in [-0.25, -0.2) is 0 Å². The van der Waals surface area contributed by atoms with Gasteiger partial charge in [0, 0.05) is 30.6 Å². The van der Waals surface area contributed by atoms with Gasteiger partial charge in [-0.05, 0) is 31.0 Å². The molecule has 0 unspecified atom stereocenters. The molecule has 2 aliphatic rings. The van der Waals surface area contributed by atoms with Crippen LogP contribution < -0.4 is 4.74 Å². The molecule has 0 saturated carbocycles. The van der Waals surface area contributed by atoms with Crippen LogP contribution in [0, 0.1) is 0 Å². The Hall–Kier alpha value is -3.01.